The van der Waals surface area contributed by atoms with Gasteiger partial charge in [-0.25, -0.2) is 0 Å². The smallest absolute Gasteiger partial charge is 0.488 e. The van der Waals surface area contributed by atoms with Crippen LogP contribution in [0.15, 0.2) is 59.6 Å². The van der Waals surface area contributed by atoms with Crippen LogP contribution in [0.4, 0.5) is 5.69 Å². The highest BCUT2D eigenvalue weighted by Gasteiger charge is 2.58. The number of aromatic hydroxyl groups is 1. The number of hydrogen-bond donors (Lipinski definition) is 4. The maximum Gasteiger partial charge on any atom is 0.488 e. The molecule has 2 saturated heterocycles. The first kappa shape index (κ1) is 23.8. The zero-order chi connectivity index (χ0) is 24.9. The lowest BCUT2D eigenvalue weighted by molar-refractivity contribution is -0.123. The number of imide groups is 1. The minimum Gasteiger partial charge on any atom is -0.508 e. The molecule has 10 heteroatoms. The van der Waals surface area contributed by atoms with Gasteiger partial charge in [0.1, 0.15) is 5.75 Å². The number of fused-ring (bicyclic) bond motifs is 3. The van der Waals surface area contributed by atoms with Crippen molar-refractivity contribution in [3.05, 3.63) is 65.1 Å². The van der Waals surface area contributed by atoms with Gasteiger partial charge in [-0.15, -0.1) is 0 Å². The van der Waals surface area contributed by atoms with Crippen molar-refractivity contribution in [2.45, 2.75) is 38.7 Å². The lowest BCUT2D eigenvalue weighted by Crippen LogP contribution is -2.45. The Bertz CT molecular complexity index is 1200. The van der Waals surface area contributed by atoms with E-state index in [9.17, 15) is 29.8 Å². The zero-order valence-electron chi connectivity index (χ0n) is 19.4. The number of allylic oxidation sites excluding steroid dienone is 2. The van der Waals surface area contributed by atoms with Crippen LogP contribution in [-0.4, -0.2) is 46.2 Å². The van der Waals surface area contributed by atoms with Crippen molar-refractivity contribution in [1.29, 1.82) is 0 Å². The van der Waals surface area contributed by atoms with Gasteiger partial charge in [0.25, 0.3) is 0 Å². The molecule has 0 aromatic heterocycles. The summed E-state index contributed by atoms with van der Waals surface area (Å²) in [6, 6.07) is 12.9. The van der Waals surface area contributed by atoms with Gasteiger partial charge in [-0.3, -0.25) is 14.5 Å². The summed E-state index contributed by atoms with van der Waals surface area (Å²) in [6.45, 7) is 2.02. The molecule has 35 heavy (non-hydrogen) atoms. The average molecular weight is 475 g/mol. The summed E-state index contributed by atoms with van der Waals surface area (Å²) in [5.74, 6) is -2.31. The minimum absolute atomic E-state index is 0.0492. The number of nitrogens with zero attached hydrogens (tertiary/aromatic N) is 1. The SMILES string of the molecule is CCCC1=C2B(O)O[C@H](c3ccccc3O)C[C@H]2[C@H]2C(=O)N(c3cccc(B(O)O)c3)C(=O)[C@H]2C1. The highest BCUT2D eigenvalue weighted by Crippen LogP contribution is 2.53. The summed E-state index contributed by atoms with van der Waals surface area (Å²) in [5, 5.41) is 40.6. The van der Waals surface area contributed by atoms with E-state index < -0.39 is 38.1 Å². The van der Waals surface area contributed by atoms with Crippen LogP contribution in [0.5, 0.6) is 5.75 Å². The largest absolute Gasteiger partial charge is 0.508 e. The molecule has 2 amide bonds. The highest BCUT2D eigenvalue weighted by atomic mass is 16.5. The van der Waals surface area contributed by atoms with Gasteiger partial charge in [-0.1, -0.05) is 49.2 Å². The van der Waals surface area contributed by atoms with Gasteiger partial charge in [-0.2, -0.15) is 0 Å². The summed E-state index contributed by atoms with van der Waals surface area (Å²) >= 11 is 0. The van der Waals surface area contributed by atoms with Gasteiger partial charge in [0.2, 0.25) is 11.8 Å². The Morgan fingerprint density at radius 1 is 1.09 bits per heavy atom. The molecule has 2 heterocycles. The van der Waals surface area contributed by atoms with Crippen LogP contribution in [0.3, 0.4) is 0 Å². The van der Waals surface area contributed by atoms with E-state index in [-0.39, 0.29) is 23.0 Å². The van der Waals surface area contributed by atoms with Crippen molar-refractivity contribution >= 4 is 37.2 Å². The number of carbonyl (C=O) groups excluding carboxylic acids is 2. The second-order valence-corrected chi connectivity index (χ2v) is 9.50. The molecule has 2 aromatic rings. The monoisotopic (exact) mass is 475 g/mol. The van der Waals surface area contributed by atoms with Crippen LogP contribution < -0.4 is 10.4 Å². The number of phenols is 1. The van der Waals surface area contributed by atoms with E-state index in [1.165, 1.54) is 12.1 Å². The summed E-state index contributed by atoms with van der Waals surface area (Å²) in [7, 11) is -2.95. The van der Waals surface area contributed by atoms with Gasteiger partial charge in [0.05, 0.1) is 23.6 Å². The van der Waals surface area contributed by atoms with Crippen molar-refractivity contribution in [1.82, 2.24) is 0 Å². The molecule has 0 unspecified atom stereocenters. The maximum absolute atomic E-state index is 13.8. The third-order valence-corrected chi connectivity index (χ3v) is 7.47. The fourth-order valence-electron chi connectivity index (χ4n) is 5.99. The molecular formula is C25H27B2NO7. The molecule has 8 nitrogen and oxygen atoms in total. The van der Waals surface area contributed by atoms with Crippen LogP contribution in [0.1, 0.15) is 44.3 Å². The van der Waals surface area contributed by atoms with E-state index in [0.29, 0.717) is 36.0 Å². The topological polar surface area (TPSA) is 128 Å². The Kier molecular flexibility index (Phi) is 6.31. The van der Waals surface area contributed by atoms with Gasteiger partial charge in [0.15, 0.2) is 0 Å². The van der Waals surface area contributed by atoms with E-state index in [0.717, 1.165) is 16.9 Å². The van der Waals surface area contributed by atoms with Crippen LogP contribution >= 0.6 is 0 Å². The Morgan fingerprint density at radius 3 is 2.57 bits per heavy atom. The molecule has 0 spiro atoms. The quantitative estimate of drug-likeness (QED) is 0.381. The molecule has 180 valence electrons. The van der Waals surface area contributed by atoms with Crippen LogP contribution in [0.2, 0.25) is 0 Å². The van der Waals surface area contributed by atoms with Crippen molar-refractivity contribution < 1.29 is 34.4 Å². The van der Waals surface area contributed by atoms with Crippen molar-refractivity contribution in [3.8, 4) is 5.75 Å². The fraction of sp³-hybridized carbons (Fsp3) is 0.360. The molecule has 0 radical (unpaired) electrons. The van der Waals surface area contributed by atoms with Gasteiger partial charge < -0.3 is 24.8 Å². The second-order valence-electron chi connectivity index (χ2n) is 9.50. The van der Waals surface area contributed by atoms with E-state index in [4.69, 9.17) is 4.65 Å². The Hall–Kier alpha value is -2.91. The standard InChI is InChI=1S/C25H27B2NO7/c1-2-6-14-11-19-22(25(31)28(24(19)30)16-8-5-7-15(12-16)26(32)33)18-13-21(35-27(34)23(14)18)17-9-3-4-10-20(17)29/h3-5,7-10,12,18-19,21-22,29,32-34H,2,6,11,13H2,1H3/t18-,19-,21-,22+/m0/s1. The number of carbonyl (C=O) groups is 2. The normalized spacial score (nSPS) is 26.2. The molecule has 4 atom stereocenters. The van der Waals surface area contributed by atoms with Gasteiger partial charge in [-0.05, 0) is 54.3 Å². The fourth-order valence-corrected chi connectivity index (χ4v) is 5.99. The molecule has 4 N–H and O–H groups in total. The molecule has 3 aliphatic rings. The highest BCUT2D eigenvalue weighted by molar-refractivity contribution is 6.58. The van der Waals surface area contributed by atoms with E-state index in [1.807, 2.05) is 6.92 Å². The summed E-state index contributed by atoms with van der Waals surface area (Å²) < 4.78 is 5.94. The molecule has 1 aliphatic carbocycles. The van der Waals surface area contributed by atoms with E-state index in [1.54, 1.807) is 36.4 Å². The average Bonchev–Trinajstić information content (AvgIpc) is 3.09. The lowest BCUT2D eigenvalue weighted by Gasteiger charge is -2.42. The lowest BCUT2D eigenvalue weighted by atomic mass is 9.54. The Balaban J connectivity index is 1.55. The van der Waals surface area contributed by atoms with E-state index in [2.05, 4.69) is 0 Å². The van der Waals surface area contributed by atoms with Gasteiger partial charge >= 0.3 is 14.2 Å². The predicted molar refractivity (Wildman–Crippen MR) is 130 cm³/mol. The number of amides is 2. The summed E-state index contributed by atoms with van der Waals surface area (Å²) in [6.07, 6.45) is 1.59. The first-order valence-electron chi connectivity index (χ1n) is 12.0. The van der Waals surface area contributed by atoms with Crippen molar-refractivity contribution in [2.24, 2.45) is 17.8 Å². The molecule has 2 aromatic carbocycles. The Labute approximate surface area is 204 Å². The van der Waals surface area contributed by atoms with E-state index >= 15 is 0 Å². The molecule has 2 fully saturated rings. The minimum atomic E-state index is -1.72. The molecule has 5 rings (SSSR count). The summed E-state index contributed by atoms with van der Waals surface area (Å²) in [5.41, 5.74) is 2.64. The first-order chi connectivity index (χ1) is 16.8. The third-order valence-electron chi connectivity index (χ3n) is 7.47. The molecule has 2 aliphatic heterocycles. The number of anilines is 1. The molecular weight excluding hydrogens is 448 g/mol. The van der Waals surface area contributed by atoms with Crippen LogP contribution in [-0.2, 0) is 14.2 Å². The third kappa shape index (κ3) is 4.00. The maximum atomic E-state index is 13.8. The van der Waals surface area contributed by atoms with Crippen LogP contribution in [0.25, 0.3) is 0 Å². The molecule has 0 saturated carbocycles. The van der Waals surface area contributed by atoms with Crippen molar-refractivity contribution in [2.75, 3.05) is 4.90 Å². The molecule has 0 bridgehead atoms. The number of hydrogen-bond acceptors (Lipinski definition) is 7. The zero-order valence-corrected chi connectivity index (χ0v) is 19.4. The number of phenolic OH excluding ortho intramolecular Hbond substituents is 1. The Morgan fingerprint density at radius 2 is 1.86 bits per heavy atom. The second kappa shape index (κ2) is 9.28. The number of para-hydroxylation sites is 1. The van der Waals surface area contributed by atoms with Crippen LogP contribution in [0, 0.1) is 17.8 Å². The predicted octanol–water partition coefficient (Wildman–Crippen LogP) is 1.48. The number of benzene rings is 2. The number of rotatable bonds is 5. The first-order valence-corrected chi connectivity index (χ1v) is 12.0. The van der Waals surface area contributed by atoms with Crippen molar-refractivity contribution in [3.63, 3.8) is 0 Å². The van der Waals surface area contributed by atoms with Gasteiger partial charge in [0, 0.05) is 5.56 Å². The summed E-state index contributed by atoms with van der Waals surface area (Å²) in [4.78, 5) is 28.5.